The van der Waals surface area contributed by atoms with Gasteiger partial charge in [0.05, 0.1) is 33.5 Å². The minimum absolute atomic E-state index is 0.00255. The van der Waals surface area contributed by atoms with Crippen molar-refractivity contribution < 1.29 is 4.79 Å². The Morgan fingerprint density at radius 2 is 1.77 bits per heavy atom. The standard InChI is InChI=1S/C27H25Cl3N4O/c28-20-9-7-18(8-10-20)15-34-25-6-2-1-5-24(25)32-26(34)17-33-13-3-4-19(16-33)27(35)31-21-11-12-22(29)23(30)14-21/h1-2,5-12,14,19H,3-4,13,15-17H2,(H,31,35)/t19-/m1/s1. The second kappa shape index (κ2) is 10.6. The van der Waals surface area contributed by atoms with Crippen LogP contribution in [0.25, 0.3) is 11.0 Å². The highest BCUT2D eigenvalue weighted by atomic mass is 35.5. The van der Waals surface area contributed by atoms with Gasteiger partial charge in [-0.25, -0.2) is 4.98 Å². The lowest BCUT2D eigenvalue weighted by Crippen LogP contribution is -2.40. The van der Waals surface area contributed by atoms with E-state index in [1.54, 1.807) is 18.2 Å². The second-order valence-electron chi connectivity index (χ2n) is 8.92. The molecule has 0 unspecified atom stereocenters. The van der Waals surface area contributed by atoms with E-state index in [0.29, 0.717) is 35.4 Å². The average molecular weight is 528 g/mol. The summed E-state index contributed by atoms with van der Waals surface area (Å²) < 4.78 is 2.26. The van der Waals surface area contributed by atoms with Gasteiger partial charge in [-0.2, -0.15) is 0 Å². The quantitative estimate of drug-likeness (QED) is 0.297. The summed E-state index contributed by atoms with van der Waals surface area (Å²) in [5.74, 6) is 0.891. The van der Waals surface area contributed by atoms with Crippen molar-refractivity contribution in [3.63, 3.8) is 0 Å². The van der Waals surface area contributed by atoms with Gasteiger partial charge in [-0.15, -0.1) is 0 Å². The molecule has 3 aromatic carbocycles. The summed E-state index contributed by atoms with van der Waals surface area (Å²) in [6.45, 7) is 3.00. The highest BCUT2D eigenvalue weighted by Gasteiger charge is 2.27. The van der Waals surface area contributed by atoms with Crippen LogP contribution in [0.3, 0.4) is 0 Å². The van der Waals surface area contributed by atoms with Crippen LogP contribution in [0.15, 0.2) is 66.7 Å². The average Bonchev–Trinajstić information content (AvgIpc) is 3.19. The number of imidazole rings is 1. The summed E-state index contributed by atoms with van der Waals surface area (Å²) in [5.41, 5.74) is 3.90. The van der Waals surface area contributed by atoms with Crippen LogP contribution in [-0.2, 0) is 17.9 Å². The molecule has 0 saturated carbocycles. The molecule has 0 bridgehead atoms. The molecule has 4 aromatic rings. The molecule has 1 aliphatic heterocycles. The Hall–Kier alpha value is -2.57. The van der Waals surface area contributed by atoms with Gasteiger partial charge in [0.2, 0.25) is 5.91 Å². The maximum absolute atomic E-state index is 13.0. The van der Waals surface area contributed by atoms with E-state index in [4.69, 9.17) is 39.8 Å². The number of amides is 1. The van der Waals surface area contributed by atoms with Gasteiger partial charge in [0.25, 0.3) is 0 Å². The monoisotopic (exact) mass is 526 g/mol. The van der Waals surface area contributed by atoms with E-state index in [-0.39, 0.29) is 11.8 Å². The van der Waals surface area contributed by atoms with Crippen LogP contribution in [0.2, 0.25) is 15.1 Å². The molecule has 35 heavy (non-hydrogen) atoms. The van der Waals surface area contributed by atoms with Crippen molar-refractivity contribution in [1.29, 1.82) is 0 Å². The molecule has 180 valence electrons. The number of likely N-dealkylation sites (tertiary alicyclic amines) is 1. The molecule has 0 aliphatic carbocycles. The predicted octanol–water partition coefficient (Wildman–Crippen LogP) is 6.90. The van der Waals surface area contributed by atoms with Gasteiger partial charge in [-0.1, -0.05) is 59.1 Å². The van der Waals surface area contributed by atoms with Crippen LogP contribution in [0.1, 0.15) is 24.2 Å². The molecule has 2 heterocycles. The van der Waals surface area contributed by atoms with E-state index in [9.17, 15) is 4.79 Å². The third-order valence-electron chi connectivity index (χ3n) is 6.42. The molecule has 5 nitrogen and oxygen atoms in total. The number of para-hydroxylation sites is 2. The van der Waals surface area contributed by atoms with Crippen LogP contribution in [0.5, 0.6) is 0 Å². The number of carbonyl (C=O) groups is 1. The van der Waals surface area contributed by atoms with E-state index in [1.165, 1.54) is 0 Å². The molecule has 1 fully saturated rings. The lowest BCUT2D eigenvalue weighted by Gasteiger charge is -2.31. The van der Waals surface area contributed by atoms with Crippen molar-refractivity contribution >= 4 is 57.4 Å². The number of nitrogens with one attached hydrogen (secondary N) is 1. The summed E-state index contributed by atoms with van der Waals surface area (Å²) in [6.07, 6.45) is 1.81. The van der Waals surface area contributed by atoms with Crippen LogP contribution in [0.4, 0.5) is 5.69 Å². The maximum atomic E-state index is 13.0. The molecule has 1 N–H and O–H groups in total. The molecular weight excluding hydrogens is 503 g/mol. The number of piperidine rings is 1. The van der Waals surface area contributed by atoms with E-state index in [2.05, 4.69) is 20.9 Å². The molecule has 1 aliphatic rings. The molecular formula is C27H25Cl3N4O. The first-order valence-electron chi connectivity index (χ1n) is 11.6. The maximum Gasteiger partial charge on any atom is 0.228 e. The van der Waals surface area contributed by atoms with Crippen molar-refractivity contribution in [2.45, 2.75) is 25.9 Å². The van der Waals surface area contributed by atoms with E-state index in [1.807, 2.05) is 42.5 Å². The van der Waals surface area contributed by atoms with Crippen LogP contribution >= 0.6 is 34.8 Å². The number of halogens is 3. The Labute approximate surface area is 219 Å². The predicted molar refractivity (Wildman–Crippen MR) is 143 cm³/mol. The summed E-state index contributed by atoms with van der Waals surface area (Å²) in [5, 5.41) is 4.61. The van der Waals surface area contributed by atoms with Crippen molar-refractivity contribution in [1.82, 2.24) is 14.5 Å². The Morgan fingerprint density at radius 1 is 0.971 bits per heavy atom. The third-order valence-corrected chi connectivity index (χ3v) is 7.41. The van der Waals surface area contributed by atoms with Gasteiger partial charge < -0.3 is 9.88 Å². The Morgan fingerprint density at radius 3 is 2.57 bits per heavy atom. The first-order chi connectivity index (χ1) is 17.0. The molecule has 0 spiro atoms. The van der Waals surface area contributed by atoms with Crippen molar-refractivity contribution in [3.05, 3.63) is 93.2 Å². The van der Waals surface area contributed by atoms with Crippen molar-refractivity contribution in [2.24, 2.45) is 5.92 Å². The molecule has 1 saturated heterocycles. The number of aromatic nitrogens is 2. The topological polar surface area (TPSA) is 50.2 Å². The fraction of sp³-hybridized carbons (Fsp3) is 0.259. The lowest BCUT2D eigenvalue weighted by molar-refractivity contribution is -0.121. The zero-order valence-electron chi connectivity index (χ0n) is 19.1. The highest BCUT2D eigenvalue weighted by molar-refractivity contribution is 6.42. The first-order valence-corrected chi connectivity index (χ1v) is 12.8. The summed E-state index contributed by atoms with van der Waals surface area (Å²) >= 11 is 18.2. The SMILES string of the molecule is O=C(Nc1ccc(Cl)c(Cl)c1)[C@@H]1CCCN(Cc2nc3ccccc3n2Cc2ccc(Cl)cc2)C1. The number of hydrogen-bond donors (Lipinski definition) is 1. The Bertz CT molecular complexity index is 1350. The largest absolute Gasteiger partial charge is 0.326 e. The number of hydrogen-bond acceptors (Lipinski definition) is 3. The number of fused-ring (bicyclic) bond motifs is 1. The van der Waals surface area contributed by atoms with Gasteiger partial charge >= 0.3 is 0 Å². The first kappa shape index (κ1) is 24.1. The summed E-state index contributed by atoms with van der Waals surface area (Å²) in [4.78, 5) is 20.3. The number of benzene rings is 3. The lowest BCUT2D eigenvalue weighted by atomic mass is 9.97. The second-order valence-corrected chi connectivity index (χ2v) is 10.2. The minimum Gasteiger partial charge on any atom is -0.326 e. The third kappa shape index (κ3) is 5.65. The molecule has 5 rings (SSSR count). The van der Waals surface area contributed by atoms with Gasteiger partial charge in [0, 0.05) is 23.8 Å². The van der Waals surface area contributed by atoms with Crippen molar-refractivity contribution in [2.75, 3.05) is 18.4 Å². The number of rotatable bonds is 6. The zero-order chi connectivity index (χ0) is 24.4. The van der Waals surface area contributed by atoms with Gasteiger partial charge in [-0.05, 0) is 67.4 Å². The smallest absolute Gasteiger partial charge is 0.228 e. The Kier molecular flexibility index (Phi) is 7.30. The van der Waals surface area contributed by atoms with Gasteiger partial charge in [-0.3, -0.25) is 9.69 Å². The van der Waals surface area contributed by atoms with Gasteiger partial charge in [0.1, 0.15) is 5.82 Å². The van der Waals surface area contributed by atoms with Crippen LogP contribution < -0.4 is 5.32 Å². The summed E-state index contributed by atoms with van der Waals surface area (Å²) in [7, 11) is 0. The molecule has 0 radical (unpaired) electrons. The van der Waals surface area contributed by atoms with Crippen molar-refractivity contribution in [3.8, 4) is 0 Å². The minimum atomic E-state index is -0.104. The number of carbonyl (C=O) groups excluding carboxylic acids is 1. The number of nitrogens with zero attached hydrogens (tertiary/aromatic N) is 3. The highest BCUT2D eigenvalue weighted by Crippen LogP contribution is 2.27. The molecule has 1 amide bonds. The normalized spacial score (nSPS) is 16.5. The van der Waals surface area contributed by atoms with Crippen LogP contribution in [0, 0.1) is 5.92 Å². The molecule has 1 aromatic heterocycles. The number of anilines is 1. The summed E-state index contributed by atoms with van der Waals surface area (Å²) in [6, 6.07) is 21.3. The Balaban J connectivity index is 1.32. The van der Waals surface area contributed by atoms with E-state index >= 15 is 0 Å². The zero-order valence-corrected chi connectivity index (χ0v) is 21.3. The fourth-order valence-corrected chi connectivity index (χ4v) is 5.05. The fourth-order valence-electron chi connectivity index (χ4n) is 4.63. The van der Waals surface area contributed by atoms with E-state index < -0.39 is 0 Å². The molecule has 8 heteroatoms. The van der Waals surface area contributed by atoms with Crippen LogP contribution in [-0.4, -0.2) is 33.4 Å². The molecule has 1 atom stereocenters. The van der Waals surface area contributed by atoms with E-state index in [0.717, 1.165) is 46.8 Å². The van der Waals surface area contributed by atoms with Gasteiger partial charge in [0.15, 0.2) is 0 Å².